The van der Waals surface area contributed by atoms with Crippen molar-refractivity contribution >= 4 is 22.4 Å². The smallest absolute Gasteiger partial charge is 0.275 e. The van der Waals surface area contributed by atoms with E-state index < -0.39 is 0 Å². The van der Waals surface area contributed by atoms with Crippen LogP contribution in [0.5, 0.6) is 11.5 Å². The zero-order valence-electron chi connectivity index (χ0n) is 13.6. The molecule has 0 saturated heterocycles. The van der Waals surface area contributed by atoms with Gasteiger partial charge in [-0.15, -0.1) is 10.2 Å². The van der Waals surface area contributed by atoms with Crippen molar-refractivity contribution < 1.29 is 9.47 Å². The van der Waals surface area contributed by atoms with Crippen molar-refractivity contribution in [3.05, 3.63) is 80.4 Å². The summed E-state index contributed by atoms with van der Waals surface area (Å²) in [7, 11) is 0. The van der Waals surface area contributed by atoms with Crippen LogP contribution in [0.1, 0.15) is 17.0 Å². The molecule has 0 bridgehead atoms. The van der Waals surface area contributed by atoms with Crippen molar-refractivity contribution in [3.63, 3.8) is 0 Å². The molecule has 3 heterocycles. The van der Waals surface area contributed by atoms with Gasteiger partial charge in [0.05, 0.1) is 4.53 Å². The molecule has 2 aromatic carbocycles. The van der Waals surface area contributed by atoms with E-state index in [-0.39, 0.29) is 12.4 Å². The molecular formula is C19H13N3O3S. The van der Waals surface area contributed by atoms with Crippen LogP contribution in [0.25, 0.3) is 11.0 Å². The zero-order chi connectivity index (χ0) is 17.5. The van der Waals surface area contributed by atoms with Crippen LogP contribution in [0.3, 0.4) is 0 Å². The summed E-state index contributed by atoms with van der Waals surface area (Å²) >= 11 is 1.33. The first-order valence-corrected chi connectivity index (χ1v) is 8.92. The van der Waals surface area contributed by atoms with Gasteiger partial charge in [0.1, 0.15) is 5.82 Å². The first-order valence-electron chi connectivity index (χ1n) is 8.10. The number of ether oxygens (including phenoxy) is 2. The molecule has 0 spiro atoms. The summed E-state index contributed by atoms with van der Waals surface area (Å²) in [5.74, 6) is 2.07. The van der Waals surface area contributed by atoms with E-state index in [2.05, 4.69) is 10.2 Å². The van der Waals surface area contributed by atoms with E-state index in [0.717, 1.165) is 16.9 Å². The first-order chi connectivity index (χ1) is 12.8. The Morgan fingerprint density at radius 2 is 1.92 bits per heavy atom. The first kappa shape index (κ1) is 15.1. The van der Waals surface area contributed by atoms with Crippen molar-refractivity contribution in [1.29, 1.82) is 0 Å². The number of nitrogens with zero attached hydrogens (tertiary/aromatic N) is 3. The fourth-order valence-corrected chi connectivity index (χ4v) is 3.89. The number of rotatable bonds is 3. The molecule has 0 atom stereocenters. The standard InChI is InChI=1S/C19H13N3O3S/c23-18-16(9-13-6-7-14-15(8-13)25-11-24-14)26-19-21-20-17(22(18)19)10-12-4-2-1-3-5-12/h1-9H,10-11H2/b16-9+. The second kappa shape index (κ2) is 5.96. The Balaban J connectivity index is 1.57. The van der Waals surface area contributed by atoms with Crippen LogP contribution >= 0.6 is 11.3 Å². The molecule has 26 heavy (non-hydrogen) atoms. The van der Waals surface area contributed by atoms with Crippen LogP contribution in [0.15, 0.2) is 53.3 Å². The quantitative estimate of drug-likeness (QED) is 0.557. The van der Waals surface area contributed by atoms with Gasteiger partial charge in [-0.2, -0.15) is 0 Å². The van der Waals surface area contributed by atoms with Gasteiger partial charge >= 0.3 is 0 Å². The maximum Gasteiger partial charge on any atom is 0.275 e. The maximum absolute atomic E-state index is 12.8. The van der Waals surface area contributed by atoms with Gasteiger partial charge in [0.15, 0.2) is 11.5 Å². The average Bonchev–Trinajstić information content (AvgIpc) is 3.35. The summed E-state index contributed by atoms with van der Waals surface area (Å²) in [6.07, 6.45) is 2.41. The summed E-state index contributed by atoms with van der Waals surface area (Å²) in [6, 6.07) is 15.5. The fraction of sp³-hybridized carbons (Fsp3) is 0.105. The summed E-state index contributed by atoms with van der Waals surface area (Å²) in [5.41, 5.74) is 1.88. The zero-order valence-corrected chi connectivity index (χ0v) is 14.4. The lowest BCUT2D eigenvalue weighted by molar-refractivity contribution is 0.174. The van der Waals surface area contributed by atoms with E-state index in [1.54, 1.807) is 4.40 Å². The third-order valence-corrected chi connectivity index (χ3v) is 5.17. The molecule has 2 aromatic heterocycles. The number of fused-ring (bicyclic) bond motifs is 2. The normalized spacial score (nSPS) is 13.6. The Morgan fingerprint density at radius 3 is 2.81 bits per heavy atom. The summed E-state index contributed by atoms with van der Waals surface area (Å²) in [6.45, 7) is 0.229. The number of hydrogen-bond acceptors (Lipinski definition) is 6. The molecule has 1 aliphatic rings. The lowest BCUT2D eigenvalue weighted by atomic mass is 10.1. The van der Waals surface area contributed by atoms with E-state index in [4.69, 9.17) is 9.47 Å². The predicted octanol–water partition coefficient (Wildman–Crippen LogP) is 2.02. The third kappa shape index (κ3) is 2.53. The van der Waals surface area contributed by atoms with Crippen molar-refractivity contribution in [1.82, 2.24) is 14.6 Å². The summed E-state index contributed by atoms with van der Waals surface area (Å²) < 4.78 is 12.9. The van der Waals surface area contributed by atoms with Crippen molar-refractivity contribution in [2.45, 2.75) is 6.42 Å². The molecule has 0 saturated carbocycles. The molecule has 0 N–H and O–H groups in total. The van der Waals surface area contributed by atoms with E-state index in [9.17, 15) is 4.79 Å². The van der Waals surface area contributed by atoms with E-state index in [0.29, 0.717) is 27.5 Å². The molecule has 0 fully saturated rings. The molecule has 0 aliphatic carbocycles. The van der Waals surface area contributed by atoms with Crippen LogP contribution in [0.2, 0.25) is 0 Å². The number of aromatic nitrogens is 3. The minimum Gasteiger partial charge on any atom is -0.454 e. The van der Waals surface area contributed by atoms with E-state index >= 15 is 0 Å². The molecule has 0 radical (unpaired) electrons. The Bertz CT molecular complexity index is 1210. The molecule has 1 aliphatic heterocycles. The van der Waals surface area contributed by atoms with Crippen LogP contribution in [-0.2, 0) is 6.42 Å². The van der Waals surface area contributed by atoms with E-state index in [1.807, 2.05) is 54.6 Å². The topological polar surface area (TPSA) is 65.7 Å². The van der Waals surface area contributed by atoms with Crippen LogP contribution in [0, 0.1) is 0 Å². The van der Waals surface area contributed by atoms with Gasteiger partial charge < -0.3 is 9.47 Å². The number of benzene rings is 2. The molecule has 0 amide bonds. The highest BCUT2D eigenvalue weighted by Gasteiger charge is 2.15. The number of thiazole rings is 1. The van der Waals surface area contributed by atoms with Gasteiger partial charge in [-0.3, -0.25) is 4.79 Å². The Morgan fingerprint density at radius 1 is 1.08 bits per heavy atom. The van der Waals surface area contributed by atoms with Gasteiger partial charge in [-0.25, -0.2) is 4.40 Å². The second-order valence-corrected chi connectivity index (χ2v) is 6.93. The van der Waals surface area contributed by atoms with Gasteiger partial charge in [0.2, 0.25) is 11.8 Å². The van der Waals surface area contributed by atoms with Crippen molar-refractivity contribution in [2.75, 3.05) is 6.79 Å². The molecule has 4 aromatic rings. The Kier molecular flexibility index (Phi) is 3.46. The largest absolute Gasteiger partial charge is 0.454 e. The Labute approximate surface area is 151 Å². The average molecular weight is 363 g/mol. The van der Waals surface area contributed by atoms with Crippen LogP contribution < -0.4 is 19.6 Å². The minimum absolute atomic E-state index is 0.0985. The van der Waals surface area contributed by atoms with Crippen LogP contribution in [-0.4, -0.2) is 21.4 Å². The van der Waals surface area contributed by atoms with Crippen molar-refractivity contribution in [3.8, 4) is 11.5 Å². The van der Waals surface area contributed by atoms with Gasteiger partial charge in [0.25, 0.3) is 5.56 Å². The SMILES string of the molecule is O=c1/c(=C\c2ccc3c(c2)OCO3)sc2nnc(Cc3ccccc3)n12. The van der Waals surface area contributed by atoms with Gasteiger partial charge in [-0.05, 0) is 29.3 Å². The molecule has 128 valence electrons. The lowest BCUT2D eigenvalue weighted by Gasteiger charge is -1.97. The molecular weight excluding hydrogens is 350 g/mol. The number of hydrogen-bond donors (Lipinski definition) is 0. The summed E-state index contributed by atoms with van der Waals surface area (Å²) in [4.78, 5) is 13.4. The van der Waals surface area contributed by atoms with Gasteiger partial charge in [-0.1, -0.05) is 47.7 Å². The fourth-order valence-electron chi connectivity index (χ4n) is 2.96. The minimum atomic E-state index is -0.0985. The highest BCUT2D eigenvalue weighted by atomic mass is 32.1. The third-order valence-electron chi connectivity index (χ3n) is 4.21. The monoisotopic (exact) mass is 363 g/mol. The molecule has 0 unspecified atom stereocenters. The highest BCUT2D eigenvalue weighted by Crippen LogP contribution is 2.32. The lowest BCUT2D eigenvalue weighted by Crippen LogP contribution is -2.24. The Hall–Kier alpha value is -3.19. The van der Waals surface area contributed by atoms with Gasteiger partial charge in [0, 0.05) is 6.42 Å². The molecule has 5 rings (SSSR count). The predicted molar refractivity (Wildman–Crippen MR) is 97.7 cm³/mol. The highest BCUT2D eigenvalue weighted by molar-refractivity contribution is 7.15. The van der Waals surface area contributed by atoms with E-state index in [1.165, 1.54) is 11.3 Å². The molecule has 6 nitrogen and oxygen atoms in total. The summed E-state index contributed by atoms with van der Waals surface area (Å²) in [5, 5.41) is 8.34. The second-order valence-electron chi connectivity index (χ2n) is 5.93. The maximum atomic E-state index is 12.8. The molecule has 7 heteroatoms. The van der Waals surface area contributed by atoms with Crippen LogP contribution in [0.4, 0.5) is 0 Å². The van der Waals surface area contributed by atoms with Crippen molar-refractivity contribution in [2.24, 2.45) is 0 Å².